The minimum absolute atomic E-state index is 0.315. The van der Waals surface area contributed by atoms with Crippen LogP contribution < -0.4 is 4.74 Å². The van der Waals surface area contributed by atoms with Crippen LogP contribution in [0.1, 0.15) is 16.2 Å². The number of rotatable bonds is 4. The Morgan fingerprint density at radius 2 is 1.71 bits per heavy atom. The Kier molecular flexibility index (Phi) is 4.53. The van der Waals surface area contributed by atoms with Crippen molar-refractivity contribution in [1.82, 2.24) is 14.6 Å². The lowest BCUT2D eigenvalue weighted by atomic mass is 10.1. The zero-order valence-corrected chi connectivity index (χ0v) is 15.8. The third-order valence-electron chi connectivity index (χ3n) is 4.59. The number of hydrogen-bond acceptors (Lipinski definition) is 5. The number of benzene rings is 2. The zero-order valence-electron chi connectivity index (χ0n) is 15.8. The summed E-state index contributed by atoms with van der Waals surface area (Å²) in [6.45, 7) is 1.91. The molecule has 4 aromatic rings. The molecule has 0 unspecified atom stereocenters. The lowest BCUT2D eigenvalue weighted by molar-refractivity contribution is 0.0590. The van der Waals surface area contributed by atoms with Gasteiger partial charge in [-0.3, -0.25) is 0 Å². The lowest BCUT2D eigenvalue weighted by Gasteiger charge is -2.09. The highest BCUT2D eigenvalue weighted by Gasteiger charge is 2.21. The summed E-state index contributed by atoms with van der Waals surface area (Å²) in [6, 6.07) is 19.1. The van der Waals surface area contributed by atoms with E-state index in [9.17, 15) is 4.79 Å². The molecule has 6 nitrogen and oxygen atoms in total. The van der Waals surface area contributed by atoms with Gasteiger partial charge in [0.1, 0.15) is 5.75 Å². The number of aromatic nitrogens is 3. The Hall–Kier alpha value is -3.67. The van der Waals surface area contributed by atoms with Gasteiger partial charge in [0, 0.05) is 11.1 Å². The molecule has 0 saturated carbocycles. The van der Waals surface area contributed by atoms with E-state index in [1.54, 1.807) is 17.7 Å². The van der Waals surface area contributed by atoms with E-state index in [1.807, 2.05) is 61.5 Å². The van der Waals surface area contributed by atoms with Crippen molar-refractivity contribution in [1.29, 1.82) is 0 Å². The van der Waals surface area contributed by atoms with E-state index in [0.717, 1.165) is 22.4 Å². The number of aryl methyl sites for hydroxylation is 1. The first-order chi connectivity index (χ1) is 13.6. The molecule has 0 aliphatic carbocycles. The largest absolute Gasteiger partial charge is 0.497 e. The molecule has 0 aliphatic heterocycles. The first kappa shape index (κ1) is 17.7. The summed E-state index contributed by atoms with van der Waals surface area (Å²) in [7, 11) is 2.97. The van der Waals surface area contributed by atoms with E-state index in [2.05, 4.69) is 5.10 Å². The molecule has 0 radical (unpaired) electrons. The second kappa shape index (κ2) is 7.15. The molecule has 0 atom stereocenters. The Bertz CT molecular complexity index is 1170. The second-order valence-electron chi connectivity index (χ2n) is 6.31. The van der Waals surface area contributed by atoms with E-state index < -0.39 is 5.97 Å². The molecule has 0 fully saturated rings. The number of nitrogens with zero attached hydrogens (tertiary/aromatic N) is 3. The second-order valence-corrected chi connectivity index (χ2v) is 6.31. The molecular weight excluding hydrogens is 354 g/mol. The molecule has 4 rings (SSSR count). The van der Waals surface area contributed by atoms with Crippen LogP contribution in [0.25, 0.3) is 28.0 Å². The normalized spacial score (nSPS) is 10.8. The van der Waals surface area contributed by atoms with E-state index in [1.165, 1.54) is 7.11 Å². The number of fused-ring (bicyclic) bond motifs is 1. The van der Waals surface area contributed by atoms with Crippen LogP contribution in [0.3, 0.4) is 0 Å². The topological polar surface area (TPSA) is 65.7 Å². The summed E-state index contributed by atoms with van der Waals surface area (Å²) in [4.78, 5) is 17.3. The minimum Gasteiger partial charge on any atom is -0.497 e. The van der Waals surface area contributed by atoms with Crippen molar-refractivity contribution in [2.24, 2.45) is 0 Å². The van der Waals surface area contributed by atoms with Crippen molar-refractivity contribution in [3.63, 3.8) is 0 Å². The Morgan fingerprint density at radius 3 is 2.43 bits per heavy atom. The van der Waals surface area contributed by atoms with E-state index in [0.29, 0.717) is 22.8 Å². The highest BCUT2D eigenvalue weighted by molar-refractivity contribution is 5.92. The highest BCUT2D eigenvalue weighted by atomic mass is 16.5. The number of methoxy groups -OCH3 is 2. The summed E-state index contributed by atoms with van der Waals surface area (Å²) in [5.41, 5.74) is 5.05. The van der Waals surface area contributed by atoms with Crippen molar-refractivity contribution in [2.75, 3.05) is 14.2 Å². The maximum atomic E-state index is 12.5. The number of esters is 1. The average molecular weight is 373 g/mol. The molecule has 2 aromatic carbocycles. The van der Waals surface area contributed by atoms with Crippen molar-refractivity contribution in [2.45, 2.75) is 6.92 Å². The van der Waals surface area contributed by atoms with Crippen molar-refractivity contribution < 1.29 is 14.3 Å². The molecule has 2 heterocycles. The van der Waals surface area contributed by atoms with E-state index in [-0.39, 0.29) is 0 Å². The quantitative estimate of drug-likeness (QED) is 0.503. The van der Waals surface area contributed by atoms with Crippen molar-refractivity contribution >= 4 is 11.6 Å². The van der Waals surface area contributed by atoms with E-state index >= 15 is 0 Å². The first-order valence-corrected chi connectivity index (χ1v) is 8.81. The molecule has 140 valence electrons. The molecular formula is C22H19N3O3. The molecule has 0 N–H and O–H groups in total. The predicted molar refractivity (Wildman–Crippen MR) is 106 cm³/mol. The number of carbonyl (C=O) groups excluding carboxylic acids is 1. The van der Waals surface area contributed by atoms with E-state index in [4.69, 9.17) is 14.5 Å². The van der Waals surface area contributed by atoms with Crippen LogP contribution in [0.15, 0.2) is 60.7 Å². The minimum atomic E-state index is -0.473. The Balaban J connectivity index is 2.03. The van der Waals surface area contributed by atoms with Crippen LogP contribution in [0.5, 0.6) is 5.75 Å². The van der Waals surface area contributed by atoms with Gasteiger partial charge in [0.25, 0.3) is 0 Å². The van der Waals surface area contributed by atoms with Gasteiger partial charge in [-0.1, -0.05) is 42.5 Å². The van der Waals surface area contributed by atoms with Gasteiger partial charge in [-0.15, -0.1) is 0 Å². The Morgan fingerprint density at radius 1 is 0.964 bits per heavy atom. The fourth-order valence-electron chi connectivity index (χ4n) is 3.25. The fourth-order valence-corrected chi connectivity index (χ4v) is 3.25. The molecule has 6 heteroatoms. The smallest absolute Gasteiger partial charge is 0.356 e. The summed E-state index contributed by atoms with van der Waals surface area (Å²) in [5, 5.41) is 4.56. The zero-order chi connectivity index (χ0) is 19.7. The van der Waals surface area contributed by atoms with Crippen LogP contribution in [-0.4, -0.2) is 34.8 Å². The molecule has 0 amide bonds. The van der Waals surface area contributed by atoms with Crippen molar-refractivity contribution in [3.05, 3.63) is 72.1 Å². The van der Waals surface area contributed by atoms with Crippen molar-refractivity contribution in [3.8, 4) is 28.1 Å². The van der Waals surface area contributed by atoms with Gasteiger partial charge in [-0.25, -0.2) is 14.3 Å². The SMILES string of the molecule is COC(=O)c1cc(-c2cccc(OC)c2)nc2c(-c3ccccc3)c(C)nn12. The summed E-state index contributed by atoms with van der Waals surface area (Å²) < 4.78 is 11.9. The maximum Gasteiger partial charge on any atom is 0.356 e. The number of hydrogen-bond donors (Lipinski definition) is 0. The summed E-state index contributed by atoms with van der Waals surface area (Å²) in [5.74, 6) is 0.241. The summed E-state index contributed by atoms with van der Waals surface area (Å²) in [6.07, 6.45) is 0. The lowest BCUT2D eigenvalue weighted by Crippen LogP contribution is -2.10. The maximum absolute atomic E-state index is 12.5. The molecule has 2 aromatic heterocycles. The van der Waals surface area contributed by atoms with Gasteiger partial charge in [0.05, 0.1) is 25.6 Å². The fraction of sp³-hybridized carbons (Fsp3) is 0.136. The molecule has 0 bridgehead atoms. The third-order valence-corrected chi connectivity index (χ3v) is 4.59. The molecule has 0 spiro atoms. The van der Waals surface area contributed by atoms with Gasteiger partial charge in [0.15, 0.2) is 11.3 Å². The monoisotopic (exact) mass is 373 g/mol. The summed E-state index contributed by atoms with van der Waals surface area (Å²) >= 11 is 0. The van der Waals surface area contributed by atoms with Crippen LogP contribution in [-0.2, 0) is 4.74 Å². The standard InChI is InChI=1S/C22H19N3O3/c1-14-20(15-8-5-4-6-9-15)21-23-18(16-10-7-11-17(12-16)27-2)13-19(22(26)28-3)25(21)24-14/h4-13H,1-3H3. The van der Waals surface area contributed by atoms with Gasteiger partial charge in [0.2, 0.25) is 0 Å². The Labute approximate surface area is 162 Å². The van der Waals surface area contributed by atoms with Crippen LogP contribution in [0.4, 0.5) is 0 Å². The van der Waals surface area contributed by atoms with Gasteiger partial charge >= 0.3 is 5.97 Å². The van der Waals surface area contributed by atoms with Crippen LogP contribution >= 0.6 is 0 Å². The number of ether oxygens (including phenoxy) is 2. The molecule has 0 aliphatic rings. The van der Waals surface area contributed by atoms with Gasteiger partial charge in [-0.2, -0.15) is 5.10 Å². The highest BCUT2D eigenvalue weighted by Crippen LogP contribution is 2.31. The van der Waals surface area contributed by atoms with Crippen LogP contribution in [0.2, 0.25) is 0 Å². The van der Waals surface area contributed by atoms with Gasteiger partial charge < -0.3 is 9.47 Å². The predicted octanol–water partition coefficient (Wildman–Crippen LogP) is 4.17. The number of carbonyl (C=O) groups is 1. The van der Waals surface area contributed by atoms with Gasteiger partial charge in [-0.05, 0) is 30.7 Å². The third kappa shape index (κ3) is 2.99. The molecule has 28 heavy (non-hydrogen) atoms. The first-order valence-electron chi connectivity index (χ1n) is 8.81. The molecule has 0 saturated heterocycles. The average Bonchev–Trinajstić information content (AvgIpc) is 3.08. The van der Waals surface area contributed by atoms with Crippen LogP contribution in [0, 0.1) is 6.92 Å².